The predicted octanol–water partition coefficient (Wildman–Crippen LogP) is 4.87. The van der Waals surface area contributed by atoms with E-state index >= 15 is 0 Å². The summed E-state index contributed by atoms with van der Waals surface area (Å²) in [7, 11) is 0. The van der Waals surface area contributed by atoms with E-state index in [2.05, 4.69) is 28.7 Å². The summed E-state index contributed by atoms with van der Waals surface area (Å²) in [5.41, 5.74) is 4.67. The van der Waals surface area contributed by atoms with E-state index in [0.29, 0.717) is 27.6 Å². The lowest BCUT2D eigenvalue weighted by Gasteiger charge is -2.18. The number of fused-ring (bicyclic) bond motifs is 1. The normalized spacial score (nSPS) is 13.1. The minimum atomic E-state index is -0.358. The maximum absolute atomic E-state index is 12.7. The molecular weight excluding hydrogens is 386 g/mol. The number of benzene rings is 2. The van der Waals surface area contributed by atoms with E-state index in [1.807, 2.05) is 24.3 Å². The lowest BCUT2D eigenvalue weighted by molar-refractivity contribution is 0.101. The largest absolute Gasteiger partial charge is 0.494 e. The van der Waals surface area contributed by atoms with Gasteiger partial charge in [-0.15, -0.1) is 0 Å². The van der Waals surface area contributed by atoms with Gasteiger partial charge in [0.25, 0.3) is 5.91 Å². The summed E-state index contributed by atoms with van der Waals surface area (Å²) in [4.78, 5) is 22.2. The number of aromatic nitrogens is 1. The smallest absolute Gasteiger partial charge is 0.280 e. The first kappa shape index (κ1) is 19.4. The van der Waals surface area contributed by atoms with Gasteiger partial charge < -0.3 is 10.1 Å². The van der Waals surface area contributed by atoms with Gasteiger partial charge in [0.05, 0.1) is 22.5 Å². The molecule has 3 aromatic rings. The number of carbonyl (C=O) groups is 1. The standard InChI is InChI=1S/C23H22ClN3O2/c1-3-27(4-2)13-14-5-7-15(8-6-14)20-18-19(23(29)25-20)21(26-22(18)28)16-9-11-17(24)12-10-16/h5-12,26,28H,3-4,13H2,1-2H3. The highest BCUT2D eigenvalue weighted by molar-refractivity contribution is 6.31. The van der Waals surface area contributed by atoms with Crippen molar-refractivity contribution in [3.63, 3.8) is 0 Å². The first-order chi connectivity index (χ1) is 14.0. The summed E-state index contributed by atoms with van der Waals surface area (Å²) >= 11 is 5.96. The highest BCUT2D eigenvalue weighted by atomic mass is 35.5. The second-order valence-corrected chi connectivity index (χ2v) is 7.47. The first-order valence-corrected chi connectivity index (χ1v) is 10.1. The average Bonchev–Trinajstić information content (AvgIpc) is 3.26. The highest BCUT2D eigenvalue weighted by Crippen LogP contribution is 2.38. The summed E-state index contributed by atoms with van der Waals surface area (Å²) in [6, 6.07) is 15.1. The summed E-state index contributed by atoms with van der Waals surface area (Å²) in [5.74, 6) is -0.412. The molecule has 0 bridgehead atoms. The lowest BCUT2D eigenvalue weighted by atomic mass is 9.99. The van der Waals surface area contributed by atoms with E-state index in [-0.39, 0.29) is 11.8 Å². The highest BCUT2D eigenvalue weighted by Gasteiger charge is 2.33. The molecule has 0 saturated heterocycles. The zero-order chi connectivity index (χ0) is 20.5. The van der Waals surface area contributed by atoms with Crippen LogP contribution in [0.1, 0.15) is 40.9 Å². The van der Waals surface area contributed by atoms with Crippen molar-refractivity contribution >= 4 is 23.2 Å². The second-order valence-electron chi connectivity index (χ2n) is 7.03. The zero-order valence-electron chi connectivity index (χ0n) is 16.4. The van der Waals surface area contributed by atoms with E-state index < -0.39 is 0 Å². The van der Waals surface area contributed by atoms with Crippen molar-refractivity contribution in [2.24, 2.45) is 4.99 Å². The van der Waals surface area contributed by atoms with Gasteiger partial charge >= 0.3 is 0 Å². The number of nitrogens with zero attached hydrogens (tertiary/aromatic N) is 2. The van der Waals surface area contributed by atoms with Crippen LogP contribution in [0, 0.1) is 0 Å². The number of aliphatic imine (C=N–C) groups is 1. The van der Waals surface area contributed by atoms with Gasteiger partial charge in [0.1, 0.15) is 0 Å². The molecule has 0 spiro atoms. The molecule has 4 rings (SSSR count). The summed E-state index contributed by atoms with van der Waals surface area (Å²) in [6.07, 6.45) is 0. The Balaban J connectivity index is 1.68. The molecule has 1 aromatic heterocycles. The molecule has 0 saturated carbocycles. The molecule has 0 aliphatic carbocycles. The van der Waals surface area contributed by atoms with E-state index in [9.17, 15) is 9.90 Å². The first-order valence-electron chi connectivity index (χ1n) is 9.67. The summed E-state index contributed by atoms with van der Waals surface area (Å²) in [6.45, 7) is 7.15. The molecule has 1 aliphatic rings. The number of amides is 1. The average molecular weight is 408 g/mol. The number of carbonyl (C=O) groups excluding carboxylic acids is 1. The molecule has 1 aliphatic heterocycles. The fraction of sp³-hybridized carbons (Fsp3) is 0.217. The van der Waals surface area contributed by atoms with Gasteiger partial charge in [-0.2, -0.15) is 0 Å². The van der Waals surface area contributed by atoms with Crippen LogP contribution in [0.25, 0.3) is 11.3 Å². The SMILES string of the molecule is CCN(CC)Cc1ccc(C2=NC(=O)c3c(-c4ccc(Cl)cc4)[nH]c(O)c32)cc1. The van der Waals surface area contributed by atoms with Crippen molar-refractivity contribution in [1.82, 2.24) is 9.88 Å². The molecule has 0 unspecified atom stereocenters. The van der Waals surface area contributed by atoms with Gasteiger partial charge in [0.2, 0.25) is 0 Å². The molecule has 1 amide bonds. The molecule has 0 atom stereocenters. The number of aromatic hydroxyl groups is 1. The number of hydrogen-bond acceptors (Lipinski definition) is 3. The van der Waals surface area contributed by atoms with Crippen molar-refractivity contribution < 1.29 is 9.90 Å². The van der Waals surface area contributed by atoms with Crippen molar-refractivity contribution in [3.8, 4) is 17.1 Å². The molecule has 0 radical (unpaired) electrons. The van der Waals surface area contributed by atoms with Crippen molar-refractivity contribution in [3.05, 3.63) is 75.8 Å². The molecule has 2 aromatic carbocycles. The van der Waals surface area contributed by atoms with Crippen LogP contribution in [-0.4, -0.2) is 39.7 Å². The molecule has 5 nitrogen and oxygen atoms in total. The topological polar surface area (TPSA) is 68.7 Å². The number of halogens is 1. The van der Waals surface area contributed by atoms with Crippen LogP contribution in [0.4, 0.5) is 0 Å². The minimum Gasteiger partial charge on any atom is -0.494 e. The summed E-state index contributed by atoms with van der Waals surface area (Å²) in [5, 5.41) is 11.1. The molecule has 2 heterocycles. The maximum Gasteiger partial charge on any atom is 0.280 e. The van der Waals surface area contributed by atoms with E-state index in [1.54, 1.807) is 24.3 Å². The van der Waals surface area contributed by atoms with E-state index in [0.717, 1.165) is 30.8 Å². The molecule has 2 N–H and O–H groups in total. The Morgan fingerprint density at radius 1 is 0.966 bits per heavy atom. The van der Waals surface area contributed by atoms with Crippen LogP contribution in [0.5, 0.6) is 5.88 Å². The number of rotatable bonds is 6. The molecule has 148 valence electrons. The van der Waals surface area contributed by atoms with E-state index in [4.69, 9.17) is 11.6 Å². The zero-order valence-corrected chi connectivity index (χ0v) is 17.1. The number of aromatic amines is 1. The lowest BCUT2D eigenvalue weighted by Crippen LogP contribution is -2.22. The van der Waals surface area contributed by atoms with Crippen molar-refractivity contribution in [2.45, 2.75) is 20.4 Å². The second kappa shape index (κ2) is 7.85. The van der Waals surface area contributed by atoms with Crippen molar-refractivity contribution in [2.75, 3.05) is 13.1 Å². The van der Waals surface area contributed by atoms with Crippen LogP contribution in [0.2, 0.25) is 5.02 Å². The van der Waals surface area contributed by atoms with Gasteiger partial charge in [0, 0.05) is 17.1 Å². The third-order valence-electron chi connectivity index (χ3n) is 5.31. The third-order valence-corrected chi connectivity index (χ3v) is 5.56. The van der Waals surface area contributed by atoms with Gasteiger partial charge in [-0.3, -0.25) is 9.69 Å². The van der Waals surface area contributed by atoms with Crippen LogP contribution in [0.15, 0.2) is 53.5 Å². The molecule has 29 heavy (non-hydrogen) atoms. The fourth-order valence-corrected chi connectivity index (χ4v) is 3.79. The Kier molecular flexibility index (Phi) is 5.26. The van der Waals surface area contributed by atoms with Gasteiger partial charge in [-0.05, 0) is 36.3 Å². The van der Waals surface area contributed by atoms with Crippen LogP contribution >= 0.6 is 11.6 Å². The van der Waals surface area contributed by atoms with E-state index in [1.165, 1.54) is 5.56 Å². The Hall–Kier alpha value is -2.89. The Bertz CT molecular complexity index is 1080. The Morgan fingerprint density at radius 3 is 2.21 bits per heavy atom. The number of nitrogens with one attached hydrogen (secondary N) is 1. The molecule has 6 heteroatoms. The monoisotopic (exact) mass is 407 g/mol. The van der Waals surface area contributed by atoms with Crippen LogP contribution < -0.4 is 0 Å². The molecular formula is C23H22ClN3O2. The fourth-order valence-electron chi connectivity index (χ4n) is 3.66. The number of H-pyrrole nitrogens is 1. The van der Waals surface area contributed by atoms with Crippen LogP contribution in [0.3, 0.4) is 0 Å². The van der Waals surface area contributed by atoms with Gasteiger partial charge in [-0.25, -0.2) is 4.99 Å². The van der Waals surface area contributed by atoms with Crippen molar-refractivity contribution in [1.29, 1.82) is 0 Å². The maximum atomic E-state index is 12.7. The van der Waals surface area contributed by atoms with Crippen LogP contribution in [-0.2, 0) is 6.54 Å². The third kappa shape index (κ3) is 3.59. The predicted molar refractivity (Wildman–Crippen MR) is 116 cm³/mol. The summed E-state index contributed by atoms with van der Waals surface area (Å²) < 4.78 is 0. The number of hydrogen-bond donors (Lipinski definition) is 2. The Labute approximate surface area is 174 Å². The quantitative estimate of drug-likeness (QED) is 0.612. The Morgan fingerprint density at radius 2 is 1.59 bits per heavy atom. The van der Waals surface area contributed by atoms with Gasteiger partial charge in [0.15, 0.2) is 5.88 Å². The molecule has 0 fully saturated rings. The van der Waals surface area contributed by atoms with Gasteiger partial charge in [-0.1, -0.05) is 61.8 Å². The minimum absolute atomic E-state index is 0.0539.